The molecular formula is C10H11ClF2. The van der Waals surface area contributed by atoms with Crippen LogP contribution in [0, 0.1) is 0 Å². The minimum atomic E-state index is -3.25. The Bertz CT molecular complexity index is 272. The fraction of sp³-hybridized carbons (Fsp3) is 0.400. The Morgan fingerprint density at radius 1 is 1.15 bits per heavy atom. The van der Waals surface area contributed by atoms with Crippen LogP contribution in [0.5, 0.6) is 0 Å². The van der Waals surface area contributed by atoms with Crippen molar-refractivity contribution in [3.63, 3.8) is 0 Å². The van der Waals surface area contributed by atoms with Crippen LogP contribution in [0.15, 0.2) is 24.3 Å². The highest BCUT2D eigenvalue weighted by Crippen LogP contribution is 2.32. The van der Waals surface area contributed by atoms with Gasteiger partial charge in [0, 0.05) is 5.56 Å². The molecule has 0 saturated heterocycles. The molecule has 0 bridgehead atoms. The van der Waals surface area contributed by atoms with Crippen LogP contribution < -0.4 is 0 Å². The van der Waals surface area contributed by atoms with Gasteiger partial charge < -0.3 is 0 Å². The van der Waals surface area contributed by atoms with E-state index < -0.39 is 5.38 Å². The number of benzene rings is 1. The van der Waals surface area contributed by atoms with Gasteiger partial charge in [0.2, 0.25) is 0 Å². The lowest BCUT2D eigenvalue weighted by atomic mass is 10.0. The van der Waals surface area contributed by atoms with E-state index in [1.165, 1.54) is 12.1 Å². The number of rotatable bonds is 2. The van der Waals surface area contributed by atoms with E-state index >= 15 is 0 Å². The van der Waals surface area contributed by atoms with Gasteiger partial charge in [0.1, 0.15) is 0 Å². The van der Waals surface area contributed by atoms with Crippen molar-refractivity contribution in [2.45, 2.75) is 25.1 Å². The molecule has 0 heterocycles. The van der Waals surface area contributed by atoms with Crippen molar-refractivity contribution in [3.8, 4) is 0 Å². The monoisotopic (exact) mass is 204 g/mol. The fourth-order valence-corrected chi connectivity index (χ4v) is 1.18. The highest BCUT2D eigenvalue weighted by Gasteiger charge is 2.27. The summed E-state index contributed by atoms with van der Waals surface area (Å²) in [7, 11) is 0. The standard InChI is InChI=1S/C10H11ClF2/c1-7(2)8-3-5-9(6-4-8)10(11,12)13/h3-7H,1-2H3. The average Bonchev–Trinajstić information content (AvgIpc) is 2.03. The van der Waals surface area contributed by atoms with Crippen molar-refractivity contribution in [2.75, 3.05) is 0 Å². The molecule has 0 amide bonds. The predicted octanol–water partition coefficient (Wildman–Crippen LogP) is 4.10. The first kappa shape index (κ1) is 10.5. The van der Waals surface area contributed by atoms with Gasteiger partial charge in [0.05, 0.1) is 0 Å². The Hall–Kier alpha value is -0.630. The predicted molar refractivity (Wildman–Crippen MR) is 50.3 cm³/mol. The SMILES string of the molecule is CC(C)c1ccc(C(F)(F)Cl)cc1. The molecule has 0 nitrogen and oxygen atoms in total. The van der Waals surface area contributed by atoms with Gasteiger partial charge in [-0.05, 0) is 23.1 Å². The van der Waals surface area contributed by atoms with Crippen LogP contribution in [-0.2, 0) is 5.38 Å². The Morgan fingerprint density at radius 3 is 1.92 bits per heavy atom. The van der Waals surface area contributed by atoms with Crippen LogP contribution >= 0.6 is 11.6 Å². The number of alkyl halides is 3. The summed E-state index contributed by atoms with van der Waals surface area (Å²) < 4.78 is 25.1. The molecule has 1 rings (SSSR count). The Balaban J connectivity index is 2.94. The molecule has 72 valence electrons. The van der Waals surface area contributed by atoms with Gasteiger partial charge in [0.25, 0.3) is 0 Å². The largest absolute Gasteiger partial charge is 0.348 e. The first-order valence-electron chi connectivity index (χ1n) is 4.08. The second-order valence-corrected chi connectivity index (χ2v) is 3.75. The molecule has 3 heteroatoms. The van der Waals surface area contributed by atoms with E-state index in [1.807, 2.05) is 13.8 Å². The Morgan fingerprint density at radius 2 is 1.62 bits per heavy atom. The van der Waals surface area contributed by atoms with Crippen molar-refractivity contribution in [1.82, 2.24) is 0 Å². The van der Waals surface area contributed by atoms with Crippen molar-refractivity contribution < 1.29 is 8.78 Å². The summed E-state index contributed by atoms with van der Waals surface area (Å²) in [5, 5.41) is -3.25. The second kappa shape index (κ2) is 3.62. The Labute approximate surface area is 81.5 Å². The summed E-state index contributed by atoms with van der Waals surface area (Å²) in [6.07, 6.45) is 0. The summed E-state index contributed by atoms with van der Waals surface area (Å²) in [5.74, 6) is 0.345. The Kier molecular flexibility index (Phi) is 2.91. The quantitative estimate of drug-likeness (QED) is 0.637. The van der Waals surface area contributed by atoms with Crippen LogP contribution in [0.3, 0.4) is 0 Å². The summed E-state index contributed by atoms with van der Waals surface area (Å²) in [6, 6.07) is 6.08. The van der Waals surface area contributed by atoms with Gasteiger partial charge in [-0.2, -0.15) is 8.78 Å². The molecule has 1 aromatic rings. The summed E-state index contributed by atoms with van der Waals surface area (Å²) in [4.78, 5) is 0. The summed E-state index contributed by atoms with van der Waals surface area (Å²) in [6.45, 7) is 4.02. The molecule has 0 aliphatic rings. The molecule has 0 fully saturated rings. The van der Waals surface area contributed by atoms with Crippen molar-refractivity contribution in [3.05, 3.63) is 35.4 Å². The molecule has 0 atom stereocenters. The van der Waals surface area contributed by atoms with Gasteiger partial charge in [-0.25, -0.2) is 0 Å². The zero-order valence-corrected chi connectivity index (χ0v) is 8.28. The van der Waals surface area contributed by atoms with Crippen molar-refractivity contribution in [2.24, 2.45) is 0 Å². The highest BCUT2D eigenvalue weighted by molar-refractivity contribution is 6.21. The molecule has 0 aliphatic carbocycles. The maximum Gasteiger partial charge on any atom is 0.348 e. The van der Waals surface area contributed by atoms with Crippen LogP contribution in [0.25, 0.3) is 0 Å². The van der Waals surface area contributed by atoms with E-state index in [0.717, 1.165) is 5.56 Å². The second-order valence-electron chi connectivity index (χ2n) is 3.27. The molecule has 0 unspecified atom stereocenters. The molecular weight excluding hydrogens is 194 g/mol. The van der Waals surface area contributed by atoms with Crippen LogP contribution in [0.4, 0.5) is 8.78 Å². The number of halogens is 3. The van der Waals surface area contributed by atoms with Crippen molar-refractivity contribution >= 4 is 11.6 Å². The van der Waals surface area contributed by atoms with Crippen LogP contribution in [0.1, 0.15) is 30.9 Å². The minimum absolute atomic E-state index is 0.154. The van der Waals surface area contributed by atoms with Crippen LogP contribution in [-0.4, -0.2) is 0 Å². The number of hydrogen-bond acceptors (Lipinski definition) is 0. The molecule has 13 heavy (non-hydrogen) atoms. The van der Waals surface area contributed by atoms with Crippen molar-refractivity contribution in [1.29, 1.82) is 0 Å². The van der Waals surface area contributed by atoms with Gasteiger partial charge in [-0.1, -0.05) is 38.1 Å². The van der Waals surface area contributed by atoms with Gasteiger partial charge >= 0.3 is 5.38 Å². The third-order valence-corrected chi connectivity index (χ3v) is 2.12. The third-order valence-electron chi connectivity index (χ3n) is 1.90. The lowest BCUT2D eigenvalue weighted by molar-refractivity contribution is 0.0951. The van der Waals surface area contributed by atoms with E-state index in [9.17, 15) is 8.78 Å². The highest BCUT2D eigenvalue weighted by atomic mass is 35.5. The fourth-order valence-electron chi connectivity index (χ4n) is 1.06. The van der Waals surface area contributed by atoms with Crippen LogP contribution in [0.2, 0.25) is 0 Å². The minimum Gasteiger partial charge on any atom is -0.183 e. The first-order valence-corrected chi connectivity index (χ1v) is 4.46. The molecule has 0 N–H and O–H groups in total. The lowest BCUT2D eigenvalue weighted by Crippen LogP contribution is -2.03. The van der Waals surface area contributed by atoms with E-state index in [2.05, 4.69) is 0 Å². The van der Waals surface area contributed by atoms with E-state index in [-0.39, 0.29) is 5.56 Å². The molecule has 1 aromatic carbocycles. The molecule has 0 aliphatic heterocycles. The summed E-state index contributed by atoms with van der Waals surface area (Å²) in [5.41, 5.74) is 0.878. The van der Waals surface area contributed by atoms with E-state index in [4.69, 9.17) is 11.6 Å². The number of hydrogen-bond donors (Lipinski definition) is 0. The van der Waals surface area contributed by atoms with E-state index in [1.54, 1.807) is 12.1 Å². The van der Waals surface area contributed by atoms with Gasteiger partial charge in [0.15, 0.2) is 0 Å². The molecule has 0 aromatic heterocycles. The summed E-state index contributed by atoms with van der Waals surface area (Å²) >= 11 is 4.86. The molecule has 0 spiro atoms. The maximum absolute atomic E-state index is 12.6. The average molecular weight is 205 g/mol. The van der Waals surface area contributed by atoms with E-state index in [0.29, 0.717) is 5.92 Å². The topological polar surface area (TPSA) is 0 Å². The zero-order chi connectivity index (χ0) is 10.1. The van der Waals surface area contributed by atoms with Gasteiger partial charge in [-0.15, -0.1) is 0 Å². The maximum atomic E-state index is 12.6. The molecule has 0 radical (unpaired) electrons. The normalized spacial score (nSPS) is 12.2. The smallest absolute Gasteiger partial charge is 0.183 e. The lowest BCUT2D eigenvalue weighted by Gasteiger charge is -2.10. The zero-order valence-electron chi connectivity index (χ0n) is 7.52. The first-order chi connectivity index (χ1) is 5.91. The third kappa shape index (κ3) is 2.66. The molecule has 0 saturated carbocycles. The van der Waals surface area contributed by atoms with Gasteiger partial charge in [-0.3, -0.25) is 0 Å².